The van der Waals surface area contributed by atoms with Gasteiger partial charge in [0.25, 0.3) is 0 Å². The Kier molecular flexibility index (Phi) is 5.46. The summed E-state index contributed by atoms with van der Waals surface area (Å²) < 4.78 is 5.90. The molecule has 1 atom stereocenters. The minimum absolute atomic E-state index is 0.206. The van der Waals surface area contributed by atoms with E-state index in [1.54, 1.807) is 18.2 Å². The number of ether oxygens (including phenoxy) is 1. The maximum absolute atomic E-state index is 13.0. The lowest BCUT2D eigenvalue weighted by Gasteiger charge is -2.14. The molecule has 0 saturated carbocycles. The van der Waals surface area contributed by atoms with E-state index >= 15 is 0 Å². The Hall–Kier alpha value is -3.38. The lowest BCUT2D eigenvalue weighted by atomic mass is 9.90. The highest BCUT2D eigenvalue weighted by molar-refractivity contribution is 6.03. The smallest absolute Gasteiger partial charge is 0.184 e. The zero-order chi connectivity index (χ0) is 18.4. The van der Waals surface area contributed by atoms with Crippen LogP contribution < -0.4 is 4.74 Å². The molecule has 3 heteroatoms. The fraction of sp³-hybridized carbons (Fsp3) is 0.130. The SMILES string of the molecule is Cc1ccccc1OCc1ccccc1C(=O)C(C#N)c1ccccc1. The highest BCUT2D eigenvalue weighted by atomic mass is 16.5. The molecule has 0 heterocycles. The third-order valence-corrected chi connectivity index (χ3v) is 4.28. The van der Waals surface area contributed by atoms with Crippen LogP contribution in [0.3, 0.4) is 0 Å². The second-order valence-corrected chi connectivity index (χ2v) is 6.05. The molecular formula is C23H19NO2. The van der Waals surface area contributed by atoms with Gasteiger partial charge < -0.3 is 4.74 Å². The van der Waals surface area contributed by atoms with E-state index in [2.05, 4.69) is 6.07 Å². The maximum Gasteiger partial charge on any atom is 0.184 e. The molecule has 3 aromatic carbocycles. The summed E-state index contributed by atoms with van der Waals surface area (Å²) in [5.74, 6) is -0.242. The van der Waals surface area contributed by atoms with Crippen molar-refractivity contribution in [1.82, 2.24) is 0 Å². The Bertz CT molecular complexity index is 942. The van der Waals surface area contributed by atoms with Crippen molar-refractivity contribution in [2.24, 2.45) is 0 Å². The number of para-hydroxylation sites is 1. The normalized spacial score (nSPS) is 11.4. The number of rotatable bonds is 6. The van der Waals surface area contributed by atoms with E-state index in [0.717, 1.165) is 16.9 Å². The second-order valence-electron chi connectivity index (χ2n) is 6.05. The van der Waals surface area contributed by atoms with Gasteiger partial charge in [0.15, 0.2) is 5.78 Å². The van der Waals surface area contributed by atoms with E-state index in [1.807, 2.05) is 67.6 Å². The maximum atomic E-state index is 13.0. The van der Waals surface area contributed by atoms with Crippen LogP contribution in [0, 0.1) is 18.3 Å². The van der Waals surface area contributed by atoms with E-state index in [1.165, 1.54) is 0 Å². The summed E-state index contributed by atoms with van der Waals surface area (Å²) in [7, 11) is 0. The summed E-state index contributed by atoms with van der Waals surface area (Å²) in [5, 5.41) is 9.54. The molecule has 0 aliphatic heterocycles. The first-order valence-corrected chi connectivity index (χ1v) is 8.46. The van der Waals surface area contributed by atoms with Crippen LogP contribution in [0.5, 0.6) is 5.75 Å². The van der Waals surface area contributed by atoms with Crippen molar-refractivity contribution < 1.29 is 9.53 Å². The molecule has 0 saturated heterocycles. The van der Waals surface area contributed by atoms with Gasteiger partial charge in [-0.2, -0.15) is 5.26 Å². The molecule has 0 aromatic heterocycles. The topological polar surface area (TPSA) is 50.1 Å². The van der Waals surface area contributed by atoms with Crippen molar-refractivity contribution in [1.29, 1.82) is 5.26 Å². The average molecular weight is 341 g/mol. The average Bonchev–Trinajstić information content (AvgIpc) is 2.69. The Labute approximate surface area is 153 Å². The number of carbonyl (C=O) groups is 1. The van der Waals surface area contributed by atoms with Gasteiger partial charge in [0.1, 0.15) is 18.3 Å². The second kappa shape index (κ2) is 8.13. The van der Waals surface area contributed by atoms with E-state index in [-0.39, 0.29) is 12.4 Å². The number of aryl methyl sites for hydroxylation is 1. The number of carbonyl (C=O) groups excluding carboxylic acids is 1. The van der Waals surface area contributed by atoms with Crippen molar-refractivity contribution >= 4 is 5.78 Å². The molecule has 0 N–H and O–H groups in total. The van der Waals surface area contributed by atoms with Crippen LogP contribution in [-0.2, 0) is 6.61 Å². The monoisotopic (exact) mass is 341 g/mol. The molecule has 3 rings (SSSR count). The number of nitriles is 1. The number of benzene rings is 3. The first kappa shape index (κ1) is 17.4. The molecule has 0 fully saturated rings. The summed E-state index contributed by atoms with van der Waals surface area (Å²) in [5.41, 5.74) is 3.04. The third-order valence-electron chi connectivity index (χ3n) is 4.28. The lowest BCUT2D eigenvalue weighted by Crippen LogP contribution is -2.14. The van der Waals surface area contributed by atoms with Crippen molar-refractivity contribution in [3.63, 3.8) is 0 Å². The summed E-state index contributed by atoms with van der Waals surface area (Å²) in [4.78, 5) is 13.0. The molecule has 3 nitrogen and oxygen atoms in total. The molecule has 3 aromatic rings. The molecule has 0 bridgehead atoms. The standard InChI is InChI=1S/C23H19NO2/c1-17-9-5-8-14-22(17)26-16-19-12-6-7-13-20(19)23(25)21(15-24)18-10-3-2-4-11-18/h2-14,21H,16H2,1H3. The highest BCUT2D eigenvalue weighted by Crippen LogP contribution is 2.24. The number of nitrogens with zero attached hydrogens (tertiary/aromatic N) is 1. The predicted octanol–water partition coefficient (Wildman–Crippen LogP) is 5.06. The molecular weight excluding hydrogens is 322 g/mol. The molecule has 0 radical (unpaired) electrons. The zero-order valence-electron chi connectivity index (χ0n) is 14.6. The highest BCUT2D eigenvalue weighted by Gasteiger charge is 2.23. The van der Waals surface area contributed by atoms with Gasteiger partial charge >= 0.3 is 0 Å². The number of hydrogen-bond acceptors (Lipinski definition) is 3. The fourth-order valence-electron chi connectivity index (χ4n) is 2.85. The fourth-order valence-corrected chi connectivity index (χ4v) is 2.85. The Morgan fingerprint density at radius 1 is 0.962 bits per heavy atom. The molecule has 128 valence electrons. The predicted molar refractivity (Wildman–Crippen MR) is 101 cm³/mol. The molecule has 26 heavy (non-hydrogen) atoms. The molecule has 0 aliphatic carbocycles. The van der Waals surface area contributed by atoms with Crippen LogP contribution in [0.25, 0.3) is 0 Å². The van der Waals surface area contributed by atoms with Gasteiger partial charge in [-0.1, -0.05) is 72.8 Å². The molecule has 1 unspecified atom stereocenters. The van der Waals surface area contributed by atoms with Gasteiger partial charge in [-0.25, -0.2) is 0 Å². The Balaban J connectivity index is 1.86. The minimum atomic E-state index is -0.823. The van der Waals surface area contributed by atoms with E-state index in [4.69, 9.17) is 4.74 Å². The lowest BCUT2D eigenvalue weighted by molar-refractivity contribution is 0.0976. The van der Waals surface area contributed by atoms with E-state index < -0.39 is 5.92 Å². The van der Waals surface area contributed by atoms with Crippen LogP contribution in [0.1, 0.15) is 33.0 Å². The molecule has 0 aliphatic rings. The number of ketones is 1. The van der Waals surface area contributed by atoms with Crippen molar-refractivity contribution in [3.05, 3.63) is 101 Å². The van der Waals surface area contributed by atoms with Crippen molar-refractivity contribution in [2.75, 3.05) is 0 Å². The summed E-state index contributed by atoms with van der Waals surface area (Å²) in [6.45, 7) is 2.26. The first-order valence-electron chi connectivity index (χ1n) is 8.46. The van der Waals surface area contributed by atoms with Gasteiger partial charge in [-0.05, 0) is 24.1 Å². The number of Topliss-reactive ketones (excluding diaryl/α,β-unsaturated/α-hetero) is 1. The Morgan fingerprint density at radius 3 is 2.35 bits per heavy atom. The van der Waals surface area contributed by atoms with Crippen LogP contribution in [0.2, 0.25) is 0 Å². The van der Waals surface area contributed by atoms with E-state index in [0.29, 0.717) is 11.1 Å². The van der Waals surface area contributed by atoms with Gasteiger partial charge in [-0.3, -0.25) is 4.79 Å². The summed E-state index contributed by atoms with van der Waals surface area (Å²) in [6.07, 6.45) is 0. The van der Waals surface area contributed by atoms with Crippen molar-refractivity contribution in [3.8, 4) is 11.8 Å². The third kappa shape index (κ3) is 3.81. The summed E-state index contributed by atoms with van der Waals surface area (Å²) in [6, 6.07) is 26.3. The molecule has 0 spiro atoms. The van der Waals surface area contributed by atoms with Gasteiger partial charge in [0.2, 0.25) is 0 Å². The van der Waals surface area contributed by atoms with Gasteiger partial charge in [0, 0.05) is 11.1 Å². The largest absolute Gasteiger partial charge is 0.489 e. The number of hydrogen-bond donors (Lipinski definition) is 0. The minimum Gasteiger partial charge on any atom is -0.489 e. The first-order chi connectivity index (χ1) is 12.7. The Morgan fingerprint density at radius 2 is 1.62 bits per heavy atom. The van der Waals surface area contributed by atoms with Crippen molar-refractivity contribution in [2.45, 2.75) is 19.4 Å². The van der Waals surface area contributed by atoms with E-state index in [9.17, 15) is 10.1 Å². The van der Waals surface area contributed by atoms with Crippen LogP contribution in [-0.4, -0.2) is 5.78 Å². The van der Waals surface area contributed by atoms with Gasteiger partial charge in [-0.15, -0.1) is 0 Å². The summed E-state index contributed by atoms with van der Waals surface area (Å²) >= 11 is 0. The quantitative estimate of drug-likeness (QED) is 0.589. The zero-order valence-corrected chi connectivity index (χ0v) is 14.6. The molecule has 0 amide bonds. The van der Waals surface area contributed by atoms with Crippen LogP contribution in [0.4, 0.5) is 0 Å². The van der Waals surface area contributed by atoms with Crippen LogP contribution >= 0.6 is 0 Å². The van der Waals surface area contributed by atoms with Gasteiger partial charge in [0.05, 0.1) is 6.07 Å². The van der Waals surface area contributed by atoms with Crippen LogP contribution in [0.15, 0.2) is 78.9 Å².